The Balaban J connectivity index is 0.000000316. The lowest BCUT2D eigenvalue weighted by Crippen LogP contribution is -2.24. The van der Waals surface area contributed by atoms with Crippen LogP contribution >= 0.6 is 0 Å². The summed E-state index contributed by atoms with van der Waals surface area (Å²) in [6.07, 6.45) is 3.43. The largest absolute Gasteiger partial charge is 0.412 e. The Morgan fingerprint density at radius 2 is 1.35 bits per heavy atom. The average molecular weight is 240 g/mol. The molecule has 2 rings (SSSR count). The Kier molecular flexibility index (Phi) is 8.68. The highest BCUT2D eigenvalue weighted by molar-refractivity contribution is 4.99. The summed E-state index contributed by atoms with van der Waals surface area (Å²) in [4.78, 5) is 0. The summed E-state index contributed by atoms with van der Waals surface area (Å²) in [5.41, 5.74) is 0. The Morgan fingerprint density at radius 3 is 1.71 bits per heavy atom. The number of rotatable bonds is 3. The van der Waals surface area contributed by atoms with Crippen molar-refractivity contribution in [2.45, 2.75) is 38.9 Å². The highest BCUT2D eigenvalue weighted by atomic mass is 16.7. The molecule has 0 atom stereocenters. The van der Waals surface area contributed by atoms with E-state index in [0.29, 0.717) is 0 Å². The van der Waals surface area contributed by atoms with Gasteiger partial charge < -0.3 is 14.9 Å². The third-order valence-corrected chi connectivity index (χ3v) is 2.55. The van der Waals surface area contributed by atoms with Gasteiger partial charge in [-0.05, 0) is 13.3 Å². The van der Waals surface area contributed by atoms with Gasteiger partial charge in [0, 0.05) is 6.42 Å². The highest BCUT2D eigenvalue weighted by Gasteiger charge is 2.29. The van der Waals surface area contributed by atoms with Crippen LogP contribution in [0.15, 0.2) is 36.4 Å². The van der Waals surface area contributed by atoms with E-state index in [1.165, 1.54) is 12.8 Å². The van der Waals surface area contributed by atoms with E-state index in [4.69, 9.17) is 9.47 Å². The van der Waals surface area contributed by atoms with Crippen molar-refractivity contribution in [3.05, 3.63) is 36.4 Å². The van der Waals surface area contributed by atoms with Crippen molar-refractivity contribution in [3.63, 3.8) is 0 Å². The third kappa shape index (κ3) is 7.10. The van der Waals surface area contributed by atoms with Crippen LogP contribution in [0.3, 0.4) is 0 Å². The van der Waals surface area contributed by atoms with E-state index < -0.39 is 0 Å². The molecule has 1 heterocycles. The Morgan fingerprint density at radius 1 is 0.941 bits per heavy atom. The molecule has 0 bridgehead atoms. The van der Waals surface area contributed by atoms with Crippen LogP contribution < -0.4 is 0 Å². The molecule has 0 unspecified atom stereocenters. The van der Waals surface area contributed by atoms with Crippen molar-refractivity contribution in [1.29, 1.82) is 0 Å². The zero-order valence-electron chi connectivity index (χ0n) is 10.8. The predicted octanol–water partition coefficient (Wildman–Crippen LogP) is 2.80. The molecule has 17 heavy (non-hydrogen) atoms. The Bertz CT molecular complexity index is 229. The standard InChI is InChI=1S/C8H16O2.C6H6.H2O/c1-3-4-5-8(2)9-6-7-10-8;1-2-4-6-5-3-1;/h3-7H2,1-2H3;1-6H;1H2. The SMILES string of the molecule is CCCCC1(C)OCCO1.O.c1ccccc1. The number of ether oxygens (including phenoxy) is 2. The lowest BCUT2D eigenvalue weighted by atomic mass is 10.1. The quantitative estimate of drug-likeness (QED) is 0.815. The van der Waals surface area contributed by atoms with Crippen molar-refractivity contribution in [1.82, 2.24) is 0 Å². The van der Waals surface area contributed by atoms with Crippen LogP contribution in [-0.2, 0) is 9.47 Å². The van der Waals surface area contributed by atoms with Gasteiger partial charge in [0.05, 0.1) is 13.2 Å². The van der Waals surface area contributed by atoms with E-state index in [9.17, 15) is 0 Å². The van der Waals surface area contributed by atoms with Crippen molar-refractivity contribution in [2.24, 2.45) is 0 Å². The number of unbranched alkanes of at least 4 members (excludes halogenated alkanes) is 1. The van der Waals surface area contributed by atoms with Crippen LogP contribution in [-0.4, -0.2) is 24.5 Å². The van der Waals surface area contributed by atoms with Gasteiger partial charge in [-0.2, -0.15) is 0 Å². The summed E-state index contributed by atoms with van der Waals surface area (Å²) < 4.78 is 10.8. The van der Waals surface area contributed by atoms with Crippen molar-refractivity contribution in [3.8, 4) is 0 Å². The first-order valence-corrected chi connectivity index (χ1v) is 6.05. The highest BCUT2D eigenvalue weighted by Crippen LogP contribution is 2.24. The lowest BCUT2D eigenvalue weighted by Gasteiger charge is -2.21. The van der Waals surface area contributed by atoms with E-state index in [0.717, 1.165) is 19.6 Å². The van der Waals surface area contributed by atoms with Crippen LogP contribution in [0.5, 0.6) is 0 Å². The second kappa shape index (κ2) is 9.16. The predicted molar refractivity (Wildman–Crippen MR) is 69.9 cm³/mol. The minimum Gasteiger partial charge on any atom is -0.412 e. The minimum atomic E-state index is -0.254. The van der Waals surface area contributed by atoms with Crippen LogP contribution in [0.2, 0.25) is 0 Å². The van der Waals surface area contributed by atoms with Crippen LogP contribution in [0, 0.1) is 0 Å². The average Bonchev–Trinajstić information content (AvgIpc) is 2.77. The summed E-state index contributed by atoms with van der Waals surface area (Å²) in [5.74, 6) is -0.254. The fraction of sp³-hybridized carbons (Fsp3) is 0.571. The molecule has 3 nitrogen and oxygen atoms in total. The normalized spacial score (nSPS) is 16.6. The summed E-state index contributed by atoms with van der Waals surface area (Å²) in [7, 11) is 0. The van der Waals surface area contributed by atoms with Gasteiger partial charge in [-0.3, -0.25) is 0 Å². The van der Waals surface area contributed by atoms with Crippen molar-refractivity contribution < 1.29 is 14.9 Å². The van der Waals surface area contributed by atoms with E-state index in [1.807, 2.05) is 43.3 Å². The van der Waals surface area contributed by atoms with E-state index in [1.54, 1.807) is 0 Å². The second-order valence-electron chi connectivity index (χ2n) is 4.09. The maximum Gasteiger partial charge on any atom is 0.165 e. The minimum absolute atomic E-state index is 0. The van der Waals surface area contributed by atoms with Gasteiger partial charge in [0.25, 0.3) is 0 Å². The van der Waals surface area contributed by atoms with Crippen LogP contribution in [0.25, 0.3) is 0 Å². The van der Waals surface area contributed by atoms with E-state index >= 15 is 0 Å². The molecule has 0 aliphatic carbocycles. The topological polar surface area (TPSA) is 50.0 Å². The van der Waals surface area contributed by atoms with Crippen LogP contribution in [0.4, 0.5) is 0 Å². The molecule has 0 saturated carbocycles. The lowest BCUT2D eigenvalue weighted by molar-refractivity contribution is -0.147. The van der Waals surface area contributed by atoms with Gasteiger partial charge in [0.15, 0.2) is 5.79 Å². The Labute approximate surface area is 104 Å². The fourth-order valence-electron chi connectivity index (χ4n) is 1.58. The monoisotopic (exact) mass is 240 g/mol. The van der Waals surface area contributed by atoms with Gasteiger partial charge >= 0.3 is 0 Å². The number of hydrogen-bond donors (Lipinski definition) is 0. The molecular weight excluding hydrogens is 216 g/mol. The molecule has 0 radical (unpaired) electrons. The molecular formula is C14H24O3. The molecule has 1 saturated heterocycles. The first-order valence-electron chi connectivity index (χ1n) is 6.05. The maximum atomic E-state index is 5.42. The van der Waals surface area contributed by atoms with Crippen molar-refractivity contribution in [2.75, 3.05) is 13.2 Å². The molecule has 98 valence electrons. The fourth-order valence-corrected chi connectivity index (χ4v) is 1.58. The van der Waals surface area contributed by atoms with Crippen LogP contribution in [0.1, 0.15) is 33.1 Å². The second-order valence-corrected chi connectivity index (χ2v) is 4.09. The van der Waals surface area contributed by atoms with Crippen molar-refractivity contribution >= 4 is 0 Å². The molecule has 1 fully saturated rings. The molecule has 1 aromatic carbocycles. The maximum absolute atomic E-state index is 5.42. The molecule has 0 aromatic heterocycles. The Hall–Kier alpha value is -0.900. The first-order chi connectivity index (χ1) is 7.77. The van der Waals surface area contributed by atoms with Gasteiger partial charge in [0.1, 0.15) is 0 Å². The van der Waals surface area contributed by atoms with Gasteiger partial charge in [-0.1, -0.05) is 49.7 Å². The molecule has 1 aliphatic heterocycles. The summed E-state index contributed by atoms with van der Waals surface area (Å²) in [6.45, 7) is 5.73. The van der Waals surface area contributed by atoms with E-state index in [-0.39, 0.29) is 11.3 Å². The third-order valence-electron chi connectivity index (χ3n) is 2.55. The number of benzene rings is 1. The zero-order chi connectivity index (χ0) is 11.7. The smallest absolute Gasteiger partial charge is 0.165 e. The summed E-state index contributed by atoms with van der Waals surface area (Å²) in [5, 5.41) is 0. The molecule has 0 spiro atoms. The van der Waals surface area contributed by atoms with Gasteiger partial charge in [-0.15, -0.1) is 0 Å². The summed E-state index contributed by atoms with van der Waals surface area (Å²) >= 11 is 0. The molecule has 0 amide bonds. The molecule has 3 heteroatoms. The summed E-state index contributed by atoms with van der Waals surface area (Å²) in [6, 6.07) is 12.0. The molecule has 1 aromatic rings. The molecule has 2 N–H and O–H groups in total. The number of hydrogen-bond acceptors (Lipinski definition) is 2. The zero-order valence-corrected chi connectivity index (χ0v) is 10.8. The van der Waals surface area contributed by atoms with Gasteiger partial charge in [0.2, 0.25) is 0 Å². The first kappa shape index (κ1) is 16.1. The van der Waals surface area contributed by atoms with Gasteiger partial charge in [-0.25, -0.2) is 0 Å². The molecule has 1 aliphatic rings. The van der Waals surface area contributed by atoms with E-state index in [2.05, 4.69) is 6.92 Å².